The zero-order valence-electron chi connectivity index (χ0n) is 15.5. The van der Waals surface area contributed by atoms with Crippen molar-refractivity contribution < 1.29 is 9.53 Å². The second-order valence-electron chi connectivity index (χ2n) is 6.13. The van der Waals surface area contributed by atoms with Gasteiger partial charge in [0.25, 0.3) is 5.91 Å². The van der Waals surface area contributed by atoms with Crippen molar-refractivity contribution in [3.05, 3.63) is 40.8 Å². The highest BCUT2D eigenvalue weighted by atomic mass is 35.5. The lowest BCUT2D eigenvalue weighted by atomic mass is 10.2. The molecular formula is C18H24ClN5O2. The quantitative estimate of drug-likeness (QED) is 0.688. The van der Waals surface area contributed by atoms with Gasteiger partial charge in [0, 0.05) is 23.7 Å². The van der Waals surface area contributed by atoms with Crippen LogP contribution in [0.1, 0.15) is 22.5 Å². The molecule has 0 bridgehead atoms. The molecule has 0 saturated carbocycles. The van der Waals surface area contributed by atoms with E-state index in [4.69, 9.17) is 16.3 Å². The van der Waals surface area contributed by atoms with Crippen LogP contribution in [-0.4, -0.2) is 55.1 Å². The van der Waals surface area contributed by atoms with Crippen molar-refractivity contribution >= 4 is 29.0 Å². The highest BCUT2D eigenvalue weighted by Crippen LogP contribution is 2.31. The molecule has 1 aromatic heterocycles. The summed E-state index contributed by atoms with van der Waals surface area (Å²) in [6.45, 7) is 3.60. The minimum absolute atomic E-state index is 0.268. The van der Waals surface area contributed by atoms with E-state index in [1.807, 2.05) is 21.0 Å². The summed E-state index contributed by atoms with van der Waals surface area (Å²) in [6.07, 6.45) is 2.34. The standard InChI is InChI=1S/C18H24ClN5O2/c1-12-8-14(16(26-4)9-13(12)19)23-18(25)15-10-17(22-11-21-15)20-6-5-7-24(2)3/h8-11H,5-7H2,1-4H3,(H,23,25)(H,20,21,22). The van der Waals surface area contributed by atoms with Gasteiger partial charge in [-0.15, -0.1) is 0 Å². The van der Waals surface area contributed by atoms with Gasteiger partial charge in [-0.3, -0.25) is 4.79 Å². The van der Waals surface area contributed by atoms with Gasteiger partial charge in [-0.2, -0.15) is 0 Å². The van der Waals surface area contributed by atoms with Crippen molar-refractivity contribution in [1.29, 1.82) is 0 Å². The highest BCUT2D eigenvalue weighted by molar-refractivity contribution is 6.31. The number of rotatable bonds is 8. The lowest BCUT2D eigenvalue weighted by Gasteiger charge is -2.13. The largest absolute Gasteiger partial charge is 0.495 e. The SMILES string of the molecule is COc1cc(Cl)c(C)cc1NC(=O)c1cc(NCCCN(C)C)ncn1. The van der Waals surface area contributed by atoms with Gasteiger partial charge in [0.1, 0.15) is 23.6 Å². The molecule has 1 amide bonds. The number of halogens is 1. The van der Waals surface area contributed by atoms with Crippen molar-refractivity contribution in [2.75, 3.05) is 44.9 Å². The first kappa shape index (κ1) is 19.9. The van der Waals surface area contributed by atoms with Gasteiger partial charge in [0.2, 0.25) is 0 Å². The maximum Gasteiger partial charge on any atom is 0.274 e. The topological polar surface area (TPSA) is 79.4 Å². The molecule has 0 unspecified atom stereocenters. The van der Waals surface area contributed by atoms with E-state index in [-0.39, 0.29) is 11.6 Å². The fourth-order valence-corrected chi connectivity index (χ4v) is 2.46. The summed E-state index contributed by atoms with van der Waals surface area (Å²) in [6, 6.07) is 5.06. The fourth-order valence-electron chi connectivity index (χ4n) is 2.31. The maximum atomic E-state index is 12.5. The van der Waals surface area contributed by atoms with Crippen molar-refractivity contribution in [1.82, 2.24) is 14.9 Å². The number of carbonyl (C=O) groups excluding carboxylic acids is 1. The first-order valence-electron chi connectivity index (χ1n) is 8.27. The van der Waals surface area contributed by atoms with Crippen LogP contribution in [0.2, 0.25) is 5.02 Å². The number of nitrogens with zero attached hydrogens (tertiary/aromatic N) is 3. The minimum atomic E-state index is -0.344. The van der Waals surface area contributed by atoms with Crippen molar-refractivity contribution in [3.63, 3.8) is 0 Å². The van der Waals surface area contributed by atoms with Gasteiger partial charge < -0.3 is 20.3 Å². The molecule has 0 fully saturated rings. The third-order valence-corrected chi connectivity index (χ3v) is 4.12. The Hall–Kier alpha value is -2.38. The van der Waals surface area contributed by atoms with Crippen LogP contribution in [0.4, 0.5) is 11.5 Å². The Morgan fingerprint density at radius 2 is 2.04 bits per heavy atom. The zero-order valence-corrected chi connectivity index (χ0v) is 16.2. The predicted molar refractivity (Wildman–Crippen MR) is 104 cm³/mol. The van der Waals surface area contributed by atoms with E-state index in [9.17, 15) is 4.79 Å². The summed E-state index contributed by atoms with van der Waals surface area (Å²) < 4.78 is 5.28. The lowest BCUT2D eigenvalue weighted by molar-refractivity contribution is 0.102. The number of hydrogen-bond donors (Lipinski definition) is 2. The van der Waals surface area contributed by atoms with Gasteiger partial charge in [-0.1, -0.05) is 11.6 Å². The second-order valence-corrected chi connectivity index (χ2v) is 6.54. The monoisotopic (exact) mass is 377 g/mol. The van der Waals surface area contributed by atoms with Crippen LogP contribution in [0.5, 0.6) is 5.75 Å². The molecule has 140 valence electrons. The normalized spacial score (nSPS) is 10.7. The van der Waals surface area contributed by atoms with Crippen LogP contribution in [0, 0.1) is 6.92 Å². The third kappa shape index (κ3) is 5.57. The summed E-state index contributed by atoms with van der Waals surface area (Å²) in [5, 5.41) is 6.58. The molecule has 2 aromatic rings. The third-order valence-electron chi connectivity index (χ3n) is 3.72. The van der Waals surface area contributed by atoms with E-state index in [2.05, 4.69) is 25.5 Å². The number of aryl methyl sites for hydroxylation is 1. The highest BCUT2D eigenvalue weighted by Gasteiger charge is 2.13. The molecule has 2 N–H and O–H groups in total. The maximum absolute atomic E-state index is 12.5. The molecule has 2 rings (SSSR count). The number of hydrogen-bond acceptors (Lipinski definition) is 6. The molecule has 0 aliphatic carbocycles. The molecule has 0 radical (unpaired) electrons. The van der Waals surface area contributed by atoms with Crippen molar-refractivity contribution in [3.8, 4) is 5.75 Å². The molecule has 0 saturated heterocycles. The van der Waals surface area contributed by atoms with E-state index in [1.165, 1.54) is 13.4 Å². The minimum Gasteiger partial charge on any atom is -0.495 e. The Kier molecular flexibility index (Phi) is 7.17. The van der Waals surface area contributed by atoms with E-state index in [0.717, 1.165) is 25.1 Å². The van der Waals surface area contributed by atoms with Crippen molar-refractivity contribution in [2.24, 2.45) is 0 Å². The molecule has 7 nitrogen and oxygen atoms in total. The average Bonchev–Trinajstić information content (AvgIpc) is 2.61. The lowest BCUT2D eigenvalue weighted by Crippen LogP contribution is -2.18. The van der Waals surface area contributed by atoms with E-state index in [1.54, 1.807) is 18.2 Å². The van der Waals surface area contributed by atoms with Crippen LogP contribution in [-0.2, 0) is 0 Å². The number of ether oxygens (including phenoxy) is 1. The average molecular weight is 378 g/mol. The molecule has 1 aromatic carbocycles. The van der Waals surface area contributed by atoms with Gasteiger partial charge in [0.05, 0.1) is 12.8 Å². The zero-order chi connectivity index (χ0) is 19.1. The molecule has 0 atom stereocenters. The van der Waals surface area contributed by atoms with E-state index >= 15 is 0 Å². The predicted octanol–water partition coefficient (Wildman–Crippen LogP) is 3.06. The van der Waals surface area contributed by atoms with Gasteiger partial charge >= 0.3 is 0 Å². The van der Waals surface area contributed by atoms with Crippen LogP contribution in [0.25, 0.3) is 0 Å². The first-order chi connectivity index (χ1) is 12.4. The Balaban J connectivity index is 2.06. The van der Waals surface area contributed by atoms with E-state index in [0.29, 0.717) is 22.3 Å². The Morgan fingerprint density at radius 3 is 2.73 bits per heavy atom. The first-order valence-corrected chi connectivity index (χ1v) is 8.64. The molecule has 26 heavy (non-hydrogen) atoms. The molecule has 0 aliphatic rings. The summed E-state index contributed by atoms with van der Waals surface area (Å²) in [7, 11) is 5.58. The molecular weight excluding hydrogens is 354 g/mol. The van der Waals surface area contributed by atoms with Gasteiger partial charge in [-0.25, -0.2) is 9.97 Å². The number of carbonyl (C=O) groups is 1. The Bertz CT molecular complexity index is 767. The smallest absolute Gasteiger partial charge is 0.274 e. The van der Waals surface area contributed by atoms with Gasteiger partial charge in [-0.05, 0) is 45.6 Å². The van der Waals surface area contributed by atoms with Crippen LogP contribution in [0.3, 0.4) is 0 Å². The van der Waals surface area contributed by atoms with Crippen LogP contribution < -0.4 is 15.4 Å². The fraction of sp³-hybridized carbons (Fsp3) is 0.389. The second kappa shape index (κ2) is 9.35. The van der Waals surface area contributed by atoms with Crippen LogP contribution in [0.15, 0.2) is 24.5 Å². The number of aromatic nitrogens is 2. The number of amides is 1. The molecule has 0 aliphatic heterocycles. The summed E-state index contributed by atoms with van der Waals surface area (Å²) in [5.41, 5.74) is 1.65. The molecule has 0 spiro atoms. The van der Waals surface area contributed by atoms with Crippen LogP contribution >= 0.6 is 11.6 Å². The van der Waals surface area contributed by atoms with Crippen molar-refractivity contribution in [2.45, 2.75) is 13.3 Å². The number of benzene rings is 1. The van der Waals surface area contributed by atoms with E-state index < -0.39 is 0 Å². The molecule has 8 heteroatoms. The summed E-state index contributed by atoms with van der Waals surface area (Å²) in [5.74, 6) is 0.761. The number of methoxy groups -OCH3 is 1. The number of anilines is 2. The van der Waals surface area contributed by atoms with Gasteiger partial charge in [0.15, 0.2) is 0 Å². The molecule has 1 heterocycles. The summed E-state index contributed by atoms with van der Waals surface area (Å²) >= 11 is 6.09. The number of nitrogens with one attached hydrogen (secondary N) is 2. The Morgan fingerprint density at radius 1 is 1.27 bits per heavy atom. The summed E-state index contributed by atoms with van der Waals surface area (Å²) in [4.78, 5) is 22.8. The Labute approximate surface area is 158 Å².